The fourth-order valence-electron chi connectivity index (χ4n) is 1.40. The van der Waals surface area contributed by atoms with E-state index in [1.165, 1.54) is 11.3 Å². The molecule has 0 saturated heterocycles. The van der Waals surface area contributed by atoms with Gasteiger partial charge in [0, 0.05) is 42.8 Å². The molecule has 3 N–H and O–H groups in total. The Bertz CT molecular complexity index is 396. The van der Waals surface area contributed by atoms with Crippen molar-refractivity contribution in [2.45, 2.75) is 12.8 Å². The van der Waals surface area contributed by atoms with Gasteiger partial charge in [-0.2, -0.15) is 23.1 Å². The molecule has 0 aliphatic heterocycles. The van der Waals surface area contributed by atoms with E-state index in [1.54, 1.807) is 23.2 Å². The standard InChI is InChI=1S/C13H20N2O3S2/c16-6-1-7-19-9-5-14-12(17)2-4-15-13(18)11-3-8-20-10-11/h3,8,10,16H,1-2,4-7,9H2,(H,14,17)(H,15,18). The summed E-state index contributed by atoms with van der Waals surface area (Å²) in [7, 11) is 0. The molecule has 1 rings (SSSR count). The van der Waals surface area contributed by atoms with Crippen molar-refractivity contribution in [2.24, 2.45) is 0 Å². The van der Waals surface area contributed by atoms with Gasteiger partial charge in [0.05, 0.1) is 0 Å². The van der Waals surface area contributed by atoms with Crippen molar-refractivity contribution in [3.05, 3.63) is 22.4 Å². The van der Waals surface area contributed by atoms with Crippen molar-refractivity contribution in [2.75, 3.05) is 31.2 Å². The Morgan fingerprint density at radius 2 is 2.10 bits per heavy atom. The van der Waals surface area contributed by atoms with Crippen LogP contribution in [0.4, 0.5) is 0 Å². The fraction of sp³-hybridized carbons (Fsp3) is 0.538. The Balaban J connectivity index is 1.99. The number of carbonyl (C=O) groups is 2. The Labute approximate surface area is 127 Å². The number of aliphatic hydroxyl groups excluding tert-OH is 1. The molecule has 0 bridgehead atoms. The van der Waals surface area contributed by atoms with Crippen molar-refractivity contribution in [3.63, 3.8) is 0 Å². The fourth-order valence-corrected chi connectivity index (χ4v) is 2.82. The molecular weight excluding hydrogens is 296 g/mol. The van der Waals surface area contributed by atoms with E-state index in [9.17, 15) is 9.59 Å². The Kier molecular flexibility index (Phi) is 9.10. The maximum Gasteiger partial charge on any atom is 0.252 e. The summed E-state index contributed by atoms with van der Waals surface area (Å²) in [6.45, 7) is 1.18. The van der Waals surface area contributed by atoms with Gasteiger partial charge in [-0.25, -0.2) is 0 Å². The van der Waals surface area contributed by atoms with Crippen LogP contribution in [0.1, 0.15) is 23.2 Å². The van der Waals surface area contributed by atoms with Gasteiger partial charge in [-0.3, -0.25) is 9.59 Å². The number of thioether (sulfide) groups is 1. The van der Waals surface area contributed by atoms with Crippen molar-refractivity contribution < 1.29 is 14.7 Å². The van der Waals surface area contributed by atoms with Gasteiger partial charge in [-0.05, 0) is 23.6 Å². The lowest BCUT2D eigenvalue weighted by molar-refractivity contribution is -0.120. The molecular formula is C13H20N2O3S2. The van der Waals surface area contributed by atoms with Crippen LogP contribution in [0.3, 0.4) is 0 Å². The van der Waals surface area contributed by atoms with Gasteiger partial charge < -0.3 is 15.7 Å². The van der Waals surface area contributed by atoms with Gasteiger partial charge in [0.1, 0.15) is 0 Å². The number of rotatable bonds is 10. The number of hydrogen-bond acceptors (Lipinski definition) is 5. The molecule has 1 aromatic heterocycles. The molecule has 1 heterocycles. The molecule has 1 aromatic rings. The molecule has 2 amide bonds. The van der Waals surface area contributed by atoms with E-state index in [4.69, 9.17) is 5.11 Å². The highest BCUT2D eigenvalue weighted by molar-refractivity contribution is 7.99. The van der Waals surface area contributed by atoms with E-state index in [0.29, 0.717) is 18.7 Å². The number of carbonyl (C=O) groups excluding carboxylic acids is 2. The molecule has 0 saturated carbocycles. The van der Waals surface area contributed by atoms with E-state index >= 15 is 0 Å². The number of aliphatic hydroxyl groups is 1. The summed E-state index contributed by atoms with van der Waals surface area (Å²) in [5, 5.41) is 17.7. The summed E-state index contributed by atoms with van der Waals surface area (Å²) in [6, 6.07) is 1.75. The lowest BCUT2D eigenvalue weighted by Crippen LogP contribution is -2.31. The molecule has 7 heteroatoms. The Hall–Kier alpha value is -1.05. The molecule has 5 nitrogen and oxygen atoms in total. The SMILES string of the molecule is O=C(CCNC(=O)c1ccsc1)NCCSCCCO. The summed E-state index contributed by atoms with van der Waals surface area (Å²) in [5.74, 6) is 1.55. The highest BCUT2D eigenvalue weighted by Gasteiger charge is 2.06. The average molecular weight is 316 g/mol. The number of nitrogens with one attached hydrogen (secondary N) is 2. The van der Waals surface area contributed by atoms with E-state index in [1.807, 2.05) is 5.38 Å². The lowest BCUT2D eigenvalue weighted by atomic mass is 10.3. The summed E-state index contributed by atoms with van der Waals surface area (Å²) < 4.78 is 0. The second-order valence-electron chi connectivity index (χ2n) is 4.06. The van der Waals surface area contributed by atoms with Gasteiger partial charge in [0.2, 0.25) is 5.91 Å². The molecule has 0 unspecified atom stereocenters. The minimum Gasteiger partial charge on any atom is -0.396 e. The topological polar surface area (TPSA) is 78.4 Å². The molecule has 0 aliphatic rings. The van der Waals surface area contributed by atoms with Crippen LogP contribution < -0.4 is 10.6 Å². The van der Waals surface area contributed by atoms with Gasteiger partial charge >= 0.3 is 0 Å². The predicted molar refractivity (Wildman–Crippen MR) is 83.3 cm³/mol. The minimum absolute atomic E-state index is 0.0571. The second kappa shape index (κ2) is 10.7. The van der Waals surface area contributed by atoms with Crippen molar-refractivity contribution in [1.82, 2.24) is 10.6 Å². The van der Waals surface area contributed by atoms with E-state index in [2.05, 4.69) is 10.6 Å². The largest absolute Gasteiger partial charge is 0.396 e. The van der Waals surface area contributed by atoms with E-state index < -0.39 is 0 Å². The third-order valence-corrected chi connectivity index (χ3v) is 4.19. The minimum atomic E-state index is -0.140. The van der Waals surface area contributed by atoms with Crippen LogP contribution in [-0.2, 0) is 4.79 Å². The van der Waals surface area contributed by atoms with Gasteiger partial charge in [0.25, 0.3) is 5.91 Å². The first-order valence-electron chi connectivity index (χ1n) is 6.49. The van der Waals surface area contributed by atoms with Gasteiger partial charge in [-0.15, -0.1) is 0 Å². The molecule has 20 heavy (non-hydrogen) atoms. The maximum absolute atomic E-state index is 11.6. The first kappa shape index (κ1) is 17.0. The van der Waals surface area contributed by atoms with Crippen molar-refractivity contribution >= 4 is 34.9 Å². The van der Waals surface area contributed by atoms with Crippen LogP contribution in [0.5, 0.6) is 0 Å². The Morgan fingerprint density at radius 3 is 2.80 bits per heavy atom. The molecule has 0 spiro atoms. The number of amides is 2. The lowest BCUT2D eigenvalue weighted by Gasteiger charge is -2.06. The smallest absolute Gasteiger partial charge is 0.252 e. The van der Waals surface area contributed by atoms with Gasteiger partial charge in [0.15, 0.2) is 0 Å². The maximum atomic E-state index is 11.6. The van der Waals surface area contributed by atoms with E-state index in [-0.39, 0.29) is 24.8 Å². The quantitative estimate of drug-likeness (QED) is 0.565. The summed E-state index contributed by atoms with van der Waals surface area (Å²) in [4.78, 5) is 23.1. The Morgan fingerprint density at radius 1 is 1.25 bits per heavy atom. The predicted octanol–water partition coefficient (Wildman–Crippen LogP) is 1.10. The van der Waals surface area contributed by atoms with Crippen LogP contribution in [0.15, 0.2) is 16.8 Å². The number of thiophene rings is 1. The summed E-state index contributed by atoms with van der Waals surface area (Å²) in [6.07, 6.45) is 1.07. The first-order valence-corrected chi connectivity index (χ1v) is 8.59. The van der Waals surface area contributed by atoms with Gasteiger partial charge in [-0.1, -0.05) is 0 Å². The van der Waals surface area contributed by atoms with Crippen molar-refractivity contribution in [3.8, 4) is 0 Å². The van der Waals surface area contributed by atoms with E-state index in [0.717, 1.165) is 17.9 Å². The zero-order valence-corrected chi connectivity index (χ0v) is 12.9. The van der Waals surface area contributed by atoms with Crippen LogP contribution in [0.25, 0.3) is 0 Å². The summed E-state index contributed by atoms with van der Waals surface area (Å²) in [5.41, 5.74) is 0.635. The molecule has 0 radical (unpaired) electrons. The molecule has 0 atom stereocenters. The zero-order chi connectivity index (χ0) is 14.6. The normalized spacial score (nSPS) is 10.2. The van der Waals surface area contributed by atoms with Crippen molar-refractivity contribution in [1.29, 1.82) is 0 Å². The number of hydrogen-bond donors (Lipinski definition) is 3. The average Bonchev–Trinajstić information content (AvgIpc) is 2.96. The monoisotopic (exact) mass is 316 g/mol. The van der Waals surface area contributed by atoms with Crippen LogP contribution >= 0.6 is 23.1 Å². The molecule has 112 valence electrons. The first-order chi connectivity index (χ1) is 9.74. The van der Waals surface area contributed by atoms with Crippen LogP contribution in [0, 0.1) is 0 Å². The van der Waals surface area contributed by atoms with Crippen LogP contribution in [-0.4, -0.2) is 48.1 Å². The highest BCUT2D eigenvalue weighted by atomic mass is 32.2. The third-order valence-electron chi connectivity index (χ3n) is 2.44. The second-order valence-corrected chi connectivity index (χ2v) is 6.06. The highest BCUT2D eigenvalue weighted by Crippen LogP contribution is 2.05. The molecule has 0 aromatic carbocycles. The third kappa shape index (κ3) is 7.52. The zero-order valence-electron chi connectivity index (χ0n) is 11.3. The summed E-state index contributed by atoms with van der Waals surface area (Å²) >= 11 is 3.17. The molecule has 0 aliphatic carbocycles. The van der Waals surface area contributed by atoms with Crippen LogP contribution in [0.2, 0.25) is 0 Å². The molecule has 0 fully saturated rings.